The molecule has 2 aromatic rings. The lowest BCUT2D eigenvalue weighted by Gasteiger charge is -2.35. The van der Waals surface area contributed by atoms with E-state index in [1.54, 1.807) is 18.2 Å². The molecule has 0 aromatic heterocycles. The first-order valence-corrected chi connectivity index (χ1v) is 9.41. The topological polar surface area (TPSA) is 33.9 Å². The van der Waals surface area contributed by atoms with E-state index in [-0.39, 0.29) is 11.7 Å². The molecule has 0 spiro atoms. The van der Waals surface area contributed by atoms with E-state index in [4.69, 9.17) is 15.4 Å². The molecule has 1 aliphatic carbocycles. The molecule has 0 atom stereocenters. The predicted octanol–water partition coefficient (Wildman–Crippen LogP) is 5.60. The van der Waals surface area contributed by atoms with Crippen molar-refractivity contribution in [1.29, 1.82) is 0 Å². The van der Waals surface area contributed by atoms with Crippen molar-refractivity contribution in [3.05, 3.63) is 69.7 Å². The highest BCUT2D eigenvalue weighted by atomic mass is 79.9. The van der Waals surface area contributed by atoms with E-state index >= 15 is 0 Å². The van der Waals surface area contributed by atoms with E-state index in [0.29, 0.717) is 41.6 Å². The maximum Gasteiger partial charge on any atom is 0.253 e. The Morgan fingerprint density at radius 1 is 1.30 bits per heavy atom. The summed E-state index contributed by atoms with van der Waals surface area (Å²) in [4.78, 5) is 17.1. The van der Waals surface area contributed by atoms with Gasteiger partial charge in [-0.2, -0.15) is 0 Å². The maximum absolute atomic E-state index is 13.5. The van der Waals surface area contributed by atoms with E-state index in [1.165, 1.54) is 18.2 Å². The second kappa shape index (κ2) is 8.53. The molecule has 3 rings (SSSR count). The van der Waals surface area contributed by atoms with Gasteiger partial charge in [-0.1, -0.05) is 28.1 Å². The number of halogens is 2. The zero-order chi connectivity index (χ0) is 21.9. The van der Waals surface area contributed by atoms with Crippen molar-refractivity contribution in [2.24, 2.45) is 0 Å². The maximum atomic E-state index is 13.5. The lowest BCUT2D eigenvalue weighted by molar-refractivity contribution is 0.0609. The quantitative estimate of drug-likeness (QED) is 0.587. The third-order valence-electron chi connectivity index (χ3n) is 4.64. The van der Waals surface area contributed by atoms with Crippen molar-refractivity contribution in [3.63, 3.8) is 0 Å². The minimum absolute atomic E-state index is 0.0225. The highest BCUT2D eigenvalue weighted by Gasteiger charge is 2.28. The van der Waals surface area contributed by atoms with Gasteiger partial charge in [0.05, 0.1) is 12.7 Å². The van der Waals surface area contributed by atoms with Crippen molar-refractivity contribution in [3.8, 4) is 5.75 Å². The zero-order valence-electron chi connectivity index (χ0n) is 17.5. The average molecular weight is 434 g/mol. The van der Waals surface area contributed by atoms with E-state index in [2.05, 4.69) is 20.8 Å². The molecule has 0 bridgehead atoms. The van der Waals surface area contributed by atoms with Crippen LogP contribution in [0.2, 0.25) is 0 Å². The van der Waals surface area contributed by atoms with Crippen LogP contribution >= 0.6 is 15.9 Å². The minimum atomic E-state index is -2.62. The molecule has 1 saturated carbocycles. The number of ether oxygens (including phenoxy) is 1. The molecule has 0 N–H and O–H groups in total. The fraction of sp³-hybridized carbons (Fsp3) is 0.333. The number of carbonyl (C=O) groups excluding carboxylic acids is 1. The number of carbonyl (C=O) groups is 1. The number of hydrogen-bond acceptors (Lipinski definition) is 2. The first kappa shape index (κ1) is 15.6. The SMILES string of the molecule is [2H]C([2H])([2H])N(C(=O)c1cccc(F)c1)C1CCC(Oc2ccc([N+]#[C-])c(Br)c2)CC1. The summed E-state index contributed by atoms with van der Waals surface area (Å²) in [6.45, 7) is 4.46. The number of hydrogen-bond donors (Lipinski definition) is 0. The summed E-state index contributed by atoms with van der Waals surface area (Å²) in [6, 6.07) is 9.73. The van der Waals surface area contributed by atoms with Crippen molar-refractivity contribution in [2.75, 3.05) is 6.98 Å². The number of amides is 1. The van der Waals surface area contributed by atoms with Crippen LogP contribution in [0.1, 0.15) is 40.2 Å². The third-order valence-corrected chi connectivity index (χ3v) is 5.28. The van der Waals surface area contributed by atoms with Gasteiger partial charge in [0.2, 0.25) is 5.69 Å². The van der Waals surface area contributed by atoms with E-state index in [0.717, 1.165) is 11.0 Å². The molecular weight excluding hydrogens is 411 g/mol. The molecule has 27 heavy (non-hydrogen) atoms. The van der Waals surface area contributed by atoms with Crippen LogP contribution in [0.5, 0.6) is 5.75 Å². The molecule has 6 heteroatoms. The normalized spacial score (nSPS) is 21.3. The largest absolute Gasteiger partial charge is 0.491 e. The first-order valence-electron chi connectivity index (χ1n) is 10.1. The Hall–Kier alpha value is -2.39. The smallest absolute Gasteiger partial charge is 0.253 e. The molecule has 0 saturated heterocycles. The van der Waals surface area contributed by atoms with Crippen molar-refractivity contribution in [2.45, 2.75) is 37.8 Å². The van der Waals surface area contributed by atoms with Crippen LogP contribution in [0.15, 0.2) is 46.9 Å². The fourth-order valence-electron chi connectivity index (χ4n) is 3.19. The van der Waals surface area contributed by atoms with E-state index in [1.807, 2.05) is 0 Å². The van der Waals surface area contributed by atoms with Crippen LogP contribution < -0.4 is 4.74 Å². The molecule has 0 heterocycles. The molecule has 140 valence electrons. The van der Waals surface area contributed by atoms with Crippen LogP contribution in [-0.2, 0) is 0 Å². The van der Waals surface area contributed by atoms with Gasteiger partial charge in [-0.15, -0.1) is 0 Å². The molecule has 1 fully saturated rings. The Bertz CT molecular complexity index is 969. The Balaban J connectivity index is 1.68. The average Bonchev–Trinajstić information content (AvgIpc) is 2.68. The van der Waals surface area contributed by atoms with Crippen LogP contribution in [0, 0.1) is 12.4 Å². The first-order chi connectivity index (χ1) is 14.2. The summed E-state index contributed by atoms with van der Waals surface area (Å²) in [5.74, 6) is -0.655. The third kappa shape index (κ3) is 4.67. The van der Waals surface area contributed by atoms with Gasteiger partial charge in [-0.25, -0.2) is 9.24 Å². The van der Waals surface area contributed by atoms with Gasteiger partial charge in [0.1, 0.15) is 11.6 Å². The van der Waals surface area contributed by atoms with Gasteiger partial charge < -0.3 is 9.64 Å². The Morgan fingerprint density at radius 3 is 2.70 bits per heavy atom. The highest BCUT2D eigenvalue weighted by molar-refractivity contribution is 9.10. The van der Waals surface area contributed by atoms with Crippen LogP contribution in [-0.4, -0.2) is 29.9 Å². The van der Waals surface area contributed by atoms with Crippen LogP contribution in [0.3, 0.4) is 0 Å². The summed E-state index contributed by atoms with van der Waals surface area (Å²) < 4.78 is 43.7. The van der Waals surface area contributed by atoms with Crippen molar-refractivity contribution in [1.82, 2.24) is 4.90 Å². The minimum Gasteiger partial charge on any atom is -0.491 e. The second-order valence-corrected chi connectivity index (χ2v) is 7.31. The summed E-state index contributed by atoms with van der Waals surface area (Å²) in [5, 5.41) is 0. The van der Waals surface area contributed by atoms with Gasteiger partial charge in [-0.3, -0.25) is 4.79 Å². The fourth-order valence-corrected chi connectivity index (χ4v) is 3.64. The summed E-state index contributed by atoms with van der Waals surface area (Å²) in [6.07, 6.45) is 1.97. The molecule has 2 aromatic carbocycles. The molecular formula is C21H20BrFN2O2. The molecule has 1 amide bonds. The number of rotatable bonds is 4. The number of benzene rings is 2. The Morgan fingerprint density at radius 2 is 2.07 bits per heavy atom. The van der Waals surface area contributed by atoms with Crippen molar-refractivity contribution < 1.29 is 18.0 Å². The van der Waals surface area contributed by atoms with Gasteiger partial charge in [0.15, 0.2) is 0 Å². The zero-order valence-corrected chi connectivity index (χ0v) is 16.1. The Kier molecular flexibility index (Phi) is 4.94. The molecule has 0 radical (unpaired) electrons. The van der Waals surface area contributed by atoms with Crippen LogP contribution in [0.4, 0.5) is 10.1 Å². The van der Waals surface area contributed by atoms with Crippen molar-refractivity contribution >= 4 is 27.5 Å². The lowest BCUT2D eigenvalue weighted by Crippen LogP contribution is -2.41. The summed E-state index contributed by atoms with van der Waals surface area (Å²) >= 11 is 3.34. The van der Waals surface area contributed by atoms with E-state index < -0.39 is 24.7 Å². The highest BCUT2D eigenvalue weighted by Crippen LogP contribution is 2.32. The molecule has 0 unspecified atom stereocenters. The van der Waals surface area contributed by atoms with Gasteiger partial charge >= 0.3 is 0 Å². The standard InChI is InChI=1S/C21H20BrFN2O2/c1-24-20-11-10-18(13-19(20)22)27-17-8-6-16(7-9-17)25(2)21(26)14-4-3-5-15(23)12-14/h3-5,10-13,16-17H,6-9H2,2H3/i2D3. The van der Waals surface area contributed by atoms with Crippen LogP contribution in [0.25, 0.3) is 4.85 Å². The number of nitrogens with zero attached hydrogens (tertiary/aromatic N) is 2. The van der Waals surface area contributed by atoms with E-state index in [9.17, 15) is 9.18 Å². The monoisotopic (exact) mass is 433 g/mol. The Labute approximate surface area is 171 Å². The second-order valence-electron chi connectivity index (χ2n) is 6.46. The molecule has 4 nitrogen and oxygen atoms in total. The van der Waals surface area contributed by atoms with Gasteiger partial charge in [0.25, 0.3) is 5.91 Å². The van der Waals surface area contributed by atoms with Gasteiger partial charge in [-0.05, 0) is 56.0 Å². The summed E-state index contributed by atoms with van der Waals surface area (Å²) in [5.41, 5.74) is 0.518. The molecule has 0 aliphatic heterocycles. The predicted molar refractivity (Wildman–Crippen MR) is 106 cm³/mol. The molecule has 1 aliphatic rings. The summed E-state index contributed by atoms with van der Waals surface area (Å²) in [7, 11) is 0. The van der Waals surface area contributed by atoms with Gasteiger partial charge in [0, 0.05) is 27.2 Å². The lowest BCUT2D eigenvalue weighted by atomic mass is 9.91.